The fourth-order valence-corrected chi connectivity index (χ4v) is 5.01. The molecule has 1 heterocycles. The van der Waals surface area contributed by atoms with E-state index in [0.29, 0.717) is 12.1 Å². The third kappa shape index (κ3) is 5.33. The van der Waals surface area contributed by atoms with Gasteiger partial charge in [0, 0.05) is 23.5 Å². The minimum Gasteiger partial charge on any atom is -0.308 e. The summed E-state index contributed by atoms with van der Waals surface area (Å²) in [6, 6.07) is 24.2. The number of para-hydroxylation sites is 1. The van der Waals surface area contributed by atoms with E-state index in [0.717, 1.165) is 37.9 Å². The molecule has 1 amide bonds. The van der Waals surface area contributed by atoms with E-state index in [1.54, 1.807) is 23.1 Å². The van der Waals surface area contributed by atoms with Gasteiger partial charge in [-0.15, -0.1) is 24.2 Å². The third-order valence-electron chi connectivity index (χ3n) is 5.08. The molecule has 0 saturated heterocycles. The average molecular weight is 484 g/mol. The summed E-state index contributed by atoms with van der Waals surface area (Å²) in [4.78, 5) is 23.4. The SMILES string of the molecule is CSc1cccc2sc(N(CCN(C)C)C(=O)c3ccc(-c4ccccc4)cc3)nc12.Cl. The smallest absolute Gasteiger partial charge is 0.260 e. The van der Waals surface area contributed by atoms with Crippen LogP contribution in [0.2, 0.25) is 0 Å². The summed E-state index contributed by atoms with van der Waals surface area (Å²) in [6.07, 6.45) is 2.05. The summed E-state index contributed by atoms with van der Waals surface area (Å²) in [7, 11) is 4.03. The number of fused-ring (bicyclic) bond motifs is 1. The number of hydrogen-bond donors (Lipinski definition) is 0. The number of benzene rings is 3. The number of anilines is 1. The lowest BCUT2D eigenvalue weighted by molar-refractivity contribution is 0.0985. The zero-order chi connectivity index (χ0) is 21.8. The molecule has 4 nitrogen and oxygen atoms in total. The highest BCUT2D eigenvalue weighted by molar-refractivity contribution is 7.98. The number of amides is 1. The average Bonchev–Trinajstić information content (AvgIpc) is 3.23. The van der Waals surface area contributed by atoms with Crippen molar-refractivity contribution < 1.29 is 4.79 Å². The summed E-state index contributed by atoms with van der Waals surface area (Å²) in [5, 5.41) is 0.746. The van der Waals surface area contributed by atoms with Crippen molar-refractivity contribution in [2.24, 2.45) is 0 Å². The van der Waals surface area contributed by atoms with Gasteiger partial charge in [0.25, 0.3) is 5.91 Å². The predicted octanol–water partition coefficient (Wildman–Crippen LogP) is 6.32. The summed E-state index contributed by atoms with van der Waals surface area (Å²) >= 11 is 3.25. The molecule has 0 aliphatic heterocycles. The van der Waals surface area contributed by atoms with Gasteiger partial charge in [-0.1, -0.05) is 59.9 Å². The number of rotatable bonds is 7. The van der Waals surface area contributed by atoms with E-state index in [2.05, 4.69) is 35.4 Å². The molecule has 1 aromatic heterocycles. The lowest BCUT2D eigenvalue weighted by Gasteiger charge is -2.22. The van der Waals surface area contributed by atoms with Gasteiger partial charge in [0.05, 0.1) is 10.2 Å². The van der Waals surface area contributed by atoms with Crippen LogP contribution in [-0.2, 0) is 0 Å². The zero-order valence-corrected chi connectivity index (χ0v) is 20.8. The molecule has 0 saturated carbocycles. The van der Waals surface area contributed by atoms with Gasteiger partial charge < -0.3 is 4.90 Å². The van der Waals surface area contributed by atoms with E-state index in [4.69, 9.17) is 4.98 Å². The third-order valence-corrected chi connectivity index (χ3v) is 6.89. The van der Waals surface area contributed by atoms with Crippen LogP contribution in [0.15, 0.2) is 77.7 Å². The Hall–Kier alpha value is -2.38. The summed E-state index contributed by atoms with van der Waals surface area (Å²) in [5.74, 6) is -0.0220. The van der Waals surface area contributed by atoms with Crippen LogP contribution in [0.25, 0.3) is 21.3 Å². The minimum atomic E-state index is -0.0220. The van der Waals surface area contributed by atoms with E-state index in [9.17, 15) is 4.79 Å². The van der Waals surface area contributed by atoms with Crippen LogP contribution in [0, 0.1) is 0 Å². The van der Waals surface area contributed by atoms with Crippen LogP contribution >= 0.6 is 35.5 Å². The van der Waals surface area contributed by atoms with E-state index in [1.807, 2.05) is 67.5 Å². The van der Waals surface area contributed by atoms with Gasteiger partial charge in [0.2, 0.25) is 0 Å². The topological polar surface area (TPSA) is 36.4 Å². The standard InChI is InChI=1S/C25H25N3OS2.ClH/c1-27(2)16-17-28(25-26-23-21(30-3)10-7-11-22(23)31-25)24(29)20-14-12-19(13-15-20)18-8-5-4-6-9-18;/h4-15H,16-17H2,1-3H3;1H. The molecule has 3 aromatic carbocycles. The highest BCUT2D eigenvalue weighted by Gasteiger charge is 2.22. The van der Waals surface area contributed by atoms with Crippen LogP contribution in [0.5, 0.6) is 0 Å². The molecule has 0 N–H and O–H groups in total. The Morgan fingerprint density at radius 1 is 0.906 bits per heavy atom. The highest BCUT2D eigenvalue weighted by atomic mass is 35.5. The molecule has 4 aromatic rings. The van der Waals surface area contributed by atoms with Gasteiger partial charge in [0.1, 0.15) is 0 Å². The molecular formula is C25H26ClN3OS2. The Kier molecular flexibility index (Phi) is 8.32. The maximum absolute atomic E-state index is 13.5. The fourth-order valence-electron chi connectivity index (χ4n) is 3.37. The Bertz CT molecular complexity index is 1180. The quantitative estimate of drug-likeness (QED) is 0.288. The van der Waals surface area contributed by atoms with Gasteiger partial charge in [-0.2, -0.15) is 0 Å². The molecule has 0 aliphatic carbocycles. The molecule has 0 aliphatic rings. The molecule has 0 spiro atoms. The Balaban J connectivity index is 0.00000289. The van der Waals surface area contributed by atoms with Gasteiger partial charge >= 0.3 is 0 Å². The number of carbonyl (C=O) groups excluding carboxylic acids is 1. The van der Waals surface area contributed by atoms with Crippen LogP contribution in [0.3, 0.4) is 0 Å². The molecule has 166 valence electrons. The first-order valence-electron chi connectivity index (χ1n) is 10.1. The fraction of sp³-hybridized carbons (Fsp3) is 0.200. The maximum atomic E-state index is 13.5. The van der Waals surface area contributed by atoms with Crippen LogP contribution in [-0.4, -0.2) is 49.2 Å². The van der Waals surface area contributed by atoms with E-state index in [-0.39, 0.29) is 18.3 Å². The van der Waals surface area contributed by atoms with Gasteiger partial charge in [-0.05, 0) is 55.7 Å². The molecule has 7 heteroatoms. The van der Waals surface area contributed by atoms with Gasteiger partial charge in [-0.25, -0.2) is 4.98 Å². The van der Waals surface area contributed by atoms with Gasteiger partial charge in [-0.3, -0.25) is 9.69 Å². The van der Waals surface area contributed by atoms with Crippen molar-refractivity contribution in [3.05, 3.63) is 78.4 Å². The normalized spacial score (nSPS) is 10.9. The van der Waals surface area contributed by atoms with E-state index < -0.39 is 0 Å². The van der Waals surface area contributed by atoms with Gasteiger partial charge in [0.15, 0.2) is 5.13 Å². The van der Waals surface area contributed by atoms with Crippen molar-refractivity contribution in [1.82, 2.24) is 9.88 Å². The second-order valence-electron chi connectivity index (χ2n) is 7.51. The number of carbonyl (C=O) groups is 1. The first-order chi connectivity index (χ1) is 15.1. The van der Waals surface area contributed by atoms with Crippen molar-refractivity contribution in [2.75, 3.05) is 38.3 Å². The molecule has 0 unspecified atom stereocenters. The van der Waals surface area contributed by atoms with Crippen LogP contribution in [0.4, 0.5) is 5.13 Å². The molecule has 4 rings (SSSR count). The van der Waals surface area contributed by atoms with Crippen molar-refractivity contribution in [2.45, 2.75) is 4.90 Å². The molecular weight excluding hydrogens is 458 g/mol. The Labute approximate surface area is 203 Å². The first-order valence-corrected chi connectivity index (χ1v) is 12.2. The number of thioether (sulfide) groups is 1. The lowest BCUT2D eigenvalue weighted by atomic mass is 10.0. The van der Waals surface area contributed by atoms with E-state index in [1.165, 1.54) is 0 Å². The second kappa shape index (κ2) is 11.0. The van der Waals surface area contributed by atoms with Crippen LogP contribution in [0.1, 0.15) is 10.4 Å². The maximum Gasteiger partial charge on any atom is 0.260 e. The van der Waals surface area contributed by atoms with Crippen molar-refractivity contribution in [3.8, 4) is 11.1 Å². The number of nitrogens with zero attached hydrogens (tertiary/aromatic N) is 3. The monoisotopic (exact) mass is 483 g/mol. The number of hydrogen-bond acceptors (Lipinski definition) is 5. The molecule has 0 fully saturated rings. The largest absolute Gasteiger partial charge is 0.308 e. The van der Waals surface area contributed by atoms with Crippen LogP contribution < -0.4 is 4.90 Å². The predicted molar refractivity (Wildman–Crippen MR) is 141 cm³/mol. The second-order valence-corrected chi connectivity index (χ2v) is 9.36. The lowest BCUT2D eigenvalue weighted by Crippen LogP contribution is -2.36. The molecule has 0 radical (unpaired) electrons. The van der Waals surface area contributed by atoms with E-state index >= 15 is 0 Å². The number of likely N-dealkylation sites (N-methyl/N-ethyl adjacent to an activating group) is 1. The molecule has 0 atom stereocenters. The first kappa shape index (κ1) is 24.3. The van der Waals surface area contributed by atoms with Crippen molar-refractivity contribution >= 4 is 56.8 Å². The molecule has 0 bridgehead atoms. The number of halogens is 1. The van der Waals surface area contributed by atoms with Crippen molar-refractivity contribution in [3.63, 3.8) is 0 Å². The highest BCUT2D eigenvalue weighted by Crippen LogP contribution is 2.34. The number of thiazole rings is 1. The summed E-state index contributed by atoms with van der Waals surface area (Å²) in [5.41, 5.74) is 3.88. The minimum absolute atomic E-state index is 0. The number of aromatic nitrogens is 1. The molecule has 32 heavy (non-hydrogen) atoms. The summed E-state index contributed by atoms with van der Waals surface area (Å²) in [6.45, 7) is 1.35. The Morgan fingerprint density at radius 2 is 1.59 bits per heavy atom. The van der Waals surface area contributed by atoms with Crippen molar-refractivity contribution in [1.29, 1.82) is 0 Å². The Morgan fingerprint density at radius 3 is 2.25 bits per heavy atom. The zero-order valence-electron chi connectivity index (χ0n) is 18.3. The summed E-state index contributed by atoms with van der Waals surface area (Å²) < 4.78 is 1.10.